The molecule has 0 aliphatic heterocycles. The van der Waals surface area contributed by atoms with Crippen LogP contribution in [-0.2, 0) is 15.8 Å². The molecule has 0 unspecified atom stereocenters. The lowest BCUT2D eigenvalue weighted by Gasteiger charge is -2.14. The highest BCUT2D eigenvalue weighted by molar-refractivity contribution is 7.91. The topological polar surface area (TPSA) is 83.5 Å². The highest BCUT2D eigenvalue weighted by atomic mass is 35.5. The zero-order valence-electron chi connectivity index (χ0n) is 12.9. The first kappa shape index (κ1) is 18.6. The third-order valence-electron chi connectivity index (χ3n) is 3.31. The Morgan fingerprint density at radius 1 is 1.12 bits per heavy atom. The summed E-state index contributed by atoms with van der Waals surface area (Å²) in [5, 5.41) is 9.88. The summed E-state index contributed by atoms with van der Waals surface area (Å²) in [7, 11) is -3.82. The van der Waals surface area contributed by atoms with Gasteiger partial charge in [-0.15, -0.1) is 0 Å². The van der Waals surface area contributed by atoms with Crippen LogP contribution in [0.15, 0.2) is 30.3 Å². The second-order valence-corrected chi connectivity index (χ2v) is 7.96. The SMILES string of the molecule is Cc1cc(C)c(NS(=O)(=O)Cc2ccc(Cl)c(Cl)c2)c(C(=O)O)c1. The van der Waals surface area contributed by atoms with Crippen LogP contribution in [0.2, 0.25) is 10.0 Å². The van der Waals surface area contributed by atoms with Crippen LogP contribution in [0.25, 0.3) is 0 Å². The number of aromatic carboxylic acids is 1. The number of sulfonamides is 1. The van der Waals surface area contributed by atoms with Crippen LogP contribution in [0.1, 0.15) is 27.0 Å². The van der Waals surface area contributed by atoms with Crippen molar-refractivity contribution in [3.63, 3.8) is 0 Å². The lowest BCUT2D eigenvalue weighted by atomic mass is 10.0. The predicted molar refractivity (Wildman–Crippen MR) is 95.6 cm³/mol. The molecular weight excluding hydrogens is 373 g/mol. The summed E-state index contributed by atoms with van der Waals surface area (Å²) in [5.74, 6) is -1.55. The van der Waals surface area contributed by atoms with Gasteiger partial charge in [0.1, 0.15) is 0 Å². The number of carboxylic acid groups (broad SMARTS) is 1. The second-order valence-electron chi connectivity index (χ2n) is 5.42. The minimum Gasteiger partial charge on any atom is -0.478 e. The third kappa shape index (κ3) is 4.41. The fraction of sp³-hybridized carbons (Fsp3) is 0.188. The monoisotopic (exact) mass is 387 g/mol. The Kier molecular flexibility index (Phi) is 5.42. The molecule has 2 N–H and O–H groups in total. The van der Waals surface area contributed by atoms with Gasteiger partial charge in [0.15, 0.2) is 0 Å². The van der Waals surface area contributed by atoms with Gasteiger partial charge >= 0.3 is 5.97 Å². The van der Waals surface area contributed by atoms with Gasteiger partial charge in [-0.3, -0.25) is 4.72 Å². The minimum absolute atomic E-state index is 0.0631. The van der Waals surface area contributed by atoms with Crippen LogP contribution in [0, 0.1) is 13.8 Å². The first-order valence-electron chi connectivity index (χ1n) is 6.88. The number of carbonyl (C=O) groups is 1. The number of hydrogen-bond donors (Lipinski definition) is 2. The molecule has 2 aromatic rings. The van der Waals surface area contributed by atoms with Crippen molar-refractivity contribution < 1.29 is 18.3 Å². The molecule has 2 rings (SSSR count). The maximum atomic E-state index is 12.4. The first-order valence-corrected chi connectivity index (χ1v) is 9.29. The van der Waals surface area contributed by atoms with E-state index in [4.69, 9.17) is 23.2 Å². The molecule has 0 atom stereocenters. The number of anilines is 1. The Bertz CT molecular complexity index is 911. The summed E-state index contributed by atoms with van der Waals surface area (Å²) in [6.07, 6.45) is 0. The van der Waals surface area contributed by atoms with Crippen molar-refractivity contribution in [1.29, 1.82) is 0 Å². The quantitative estimate of drug-likeness (QED) is 0.802. The fourth-order valence-electron chi connectivity index (χ4n) is 2.31. The normalized spacial score (nSPS) is 11.3. The van der Waals surface area contributed by atoms with Crippen molar-refractivity contribution in [3.05, 3.63) is 62.6 Å². The van der Waals surface area contributed by atoms with Crippen molar-refractivity contribution in [3.8, 4) is 0 Å². The van der Waals surface area contributed by atoms with Crippen LogP contribution in [-0.4, -0.2) is 19.5 Å². The molecule has 128 valence electrons. The standard InChI is InChI=1S/C16H15Cl2NO4S/c1-9-5-10(2)15(12(6-9)16(20)21)19-24(22,23)8-11-3-4-13(17)14(18)7-11/h3-7,19H,8H2,1-2H3,(H,20,21). The summed E-state index contributed by atoms with van der Waals surface area (Å²) in [4.78, 5) is 11.4. The van der Waals surface area contributed by atoms with E-state index in [0.29, 0.717) is 16.1 Å². The summed E-state index contributed by atoms with van der Waals surface area (Å²) >= 11 is 11.7. The zero-order chi connectivity index (χ0) is 18.1. The molecular formula is C16H15Cl2NO4S. The third-order valence-corrected chi connectivity index (χ3v) is 5.28. The fourth-order valence-corrected chi connectivity index (χ4v) is 3.91. The molecule has 24 heavy (non-hydrogen) atoms. The summed E-state index contributed by atoms with van der Waals surface area (Å²) in [5.41, 5.74) is 1.68. The molecule has 0 aliphatic carbocycles. The molecule has 8 heteroatoms. The lowest BCUT2D eigenvalue weighted by Crippen LogP contribution is -2.18. The molecule has 0 aliphatic rings. The van der Waals surface area contributed by atoms with E-state index in [-0.39, 0.29) is 22.0 Å². The minimum atomic E-state index is -3.82. The van der Waals surface area contributed by atoms with Crippen LogP contribution in [0.4, 0.5) is 5.69 Å². The Balaban J connectivity index is 2.36. The Morgan fingerprint density at radius 2 is 1.79 bits per heavy atom. The molecule has 5 nitrogen and oxygen atoms in total. The van der Waals surface area contributed by atoms with Crippen LogP contribution in [0.5, 0.6) is 0 Å². The maximum absolute atomic E-state index is 12.4. The average molecular weight is 388 g/mol. The number of halogens is 2. The second kappa shape index (κ2) is 7.01. The van der Waals surface area contributed by atoms with Crippen molar-refractivity contribution in [2.45, 2.75) is 19.6 Å². The summed E-state index contributed by atoms with van der Waals surface area (Å²) < 4.78 is 27.2. The molecule has 0 spiro atoms. The lowest BCUT2D eigenvalue weighted by molar-refractivity contribution is 0.0698. The Hall–Kier alpha value is -1.76. The molecule has 0 bridgehead atoms. The molecule has 2 aromatic carbocycles. The Morgan fingerprint density at radius 3 is 2.38 bits per heavy atom. The molecule has 0 aromatic heterocycles. The van der Waals surface area contributed by atoms with E-state index in [2.05, 4.69) is 4.72 Å². The predicted octanol–water partition coefficient (Wildman–Crippen LogP) is 4.25. The molecule has 0 saturated carbocycles. The molecule has 0 radical (unpaired) electrons. The molecule has 0 heterocycles. The number of carboxylic acids is 1. The first-order chi connectivity index (χ1) is 11.1. The van der Waals surface area contributed by atoms with Gasteiger partial charge in [0.2, 0.25) is 10.0 Å². The zero-order valence-corrected chi connectivity index (χ0v) is 15.3. The number of rotatable bonds is 5. The van der Waals surface area contributed by atoms with E-state index in [1.165, 1.54) is 18.2 Å². The molecule has 0 fully saturated rings. The highest BCUT2D eigenvalue weighted by Crippen LogP contribution is 2.26. The number of benzene rings is 2. The van der Waals surface area contributed by atoms with Crippen molar-refractivity contribution in [2.75, 3.05) is 4.72 Å². The van der Waals surface area contributed by atoms with Gasteiger partial charge in [0.25, 0.3) is 0 Å². The van der Waals surface area contributed by atoms with Gasteiger partial charge in [-0.2, -0.15) is 0 Å². The van der Waals surface area contributed by atoms with E-state index < -0.39 is 16.0 Å². The van der Waals surface area contributed by atoms with Crippen LogP contribution in [0.3, 0.4) is 0 Å². The average Bonchev–Trinajstić information content (AvgIpc) is 2.45. The van der Waals surface area contributed by atoms with E-state index in [0.717, 1.165) is 5.56 Å². The Labute approximate surface area is 150 Å². The summed E-state index contributed by atoms with van der Waals surface area (Å²) in [6, 6.07) is 7.65. The largest absolute Gasteiger partial charge is 0.478 e. The van der Waals surface area contributed by atoms with E-state index >= 15 is 0 Å². The van der Waals surface area contributed by atoms with Gasteiger partial charge in [-0.25, -0.2) is 13.2 Å². The number of hydrogen-bond acceptors (Lipinski definition) is 3. The smallest absolute Gasteiger partial charge is 0.337 e. The van der Waals surface area contributed by atoms with Crippen molar-refractivity contribution >= 4 is 44.9 Å². The summed E-state index contributed by atoms with van der Waals surface area (Å²) in [6.45, 7) is 3.39. The van der Waals surface area contributed by atoms with E-state index in [1.807, 2.05) is 0 Å². The number of nitrogens with one attached hydrogen (secondary N) is 1. The van der Waals surface area contributed by atoms with Crippen molar-refractivity contribution in [1.82, 2.24) is 0 Å². The van der Waals surface area contributed by atoms with E-state index in [1.54, 1.807) is 26.0 Å². The highest BCUT2D eigenvalue weighted by Gasteiger charge is 2.19. The molecule has 0 saturated heterocycles. The van der Waals surface area contributed by atoms with Gasteiger partial charge < -0.3 is 5.11 Å². The van der Waals surface area contributed by atoms with Crippen molar-refractivity contribution in [2.24, 2.45) is 0 Å². The van der Waals surface area contributed by atoms with Gasteiger partial charge in [0.05, 0.1) is 27.0 Å². The van der Waals surface area contributed by atoms with Gasteiger partial charge in [0, 0.05) is 0 Å². The number of aryl methyl sites for hydroxylation is 2. The molecule has 0 amide bonds. The van der Waals surface area contributed by atoms with Gasteiger partial charge in [-0.1, -0.05) is 35.3 Å². The van der Waals surface area contributed by atoms with Crippen LogP contribution < -0.4 is 4.72 Å². The van der Waals surface area contributed by atoms with Crippen LogP contribution >= 0.6 is 23.2 Å². The van der Waals surface area contributed by atoms with Gasteiger partial charge in [-0.05, 0) is 48.7 Å². The van der Waals surface area contributed by atoms with E-state index in [9.17, 15) is 18.3 Å². The maximum Gasteiger partial charge on any atom is 0.337 e.